The molecule has 2 unspecified atom stereocenters. The van der Waals surface area contributed by atoms with Crippen LogP contribution in [-0.2, 0) is 24.5 Å². The van der Waals surface area contributed by atoms with E-state index in [-0.39, 0.29) is 30.1 Å². The fourth-order valence-corrected chi connectivity index (χ4v) is 6.93. The second-order valence-corrected chi connectivity index (χ2v) is 13.6. The van der Waals surface area contributed by atoms with Crippen LogP contribution in [0.15, 0.2) is 66.7 Å². The van der Waals surface area contributed by atoms with Crippen molar-refractivity contribution < 1.29 is 33.7 Å². The zero-order valence-electron chi connectivity index (χ0n) is 27.2. The number of aliphatic carboxylic acids is 1. The monoisotopic (exact) mass is 627 g/mol. The molecule has 8 nitrogen and oxygen atoms in total. The normalized spacial score (nSPS) is 16.3. The van der Waals surface area contributed by atoms with Crippen molar-refractivity contribution in [3.63, 3.8) is 0 Å². The van der Waals surface area contributed by atoms with Gasteiger partial charge in [-0.25, -0.2) is 4.79 Å². The van der Waals surface area contributed by atoms with Gasteiger partial charge in [0, 0.05) is 35.6 Å². The van der Waals surface area contributed by atoms with E-state index in [2.05, 4.69) is 26.1 Å². The summed E-state index contributed by atoms with van der Waals surface area (Å²) in [6, 6.07) is 21.1. The predicted octanol–water partition coefficient (Wildman–Crippen LogP) is 9.14. The molecule has 1 aliphatic carbocycles. The van der Waals surface area contributed by atoms with Gasteiger partial charge in [0.25, 0.3) is 0 Å². The van der Waals surface area contributed by atoms with Crippen molar-refractivity contribution in [3.05, 3.63) is 89.0 Å². The summed E-state index contributed by atoms with van der Waals surface area (Å²) in [6.07, 6.45) is 4.54. The van der Waals surface area contributed by atoms with Crippen molar-refractivity contribution >= 4 is 23.7 Å². The first-order valence-electron chi connectivity index (χ1n) is 16.3. The van der Waals surface area contributed by atoms with Gasteiger partial charge in [-0.05, 0) is 47.1 Å². The molecule has 0 saturated heterocycles. The van der Waals surface area contributed by atoms with Gasteiger partial charge in [0.05, 0.1) is 13.0 Å². The Balaban J connectivity index is 1.43. The molecule has 8 heteroatoms. The van der Waals surface area contributed by atoms with Crippen LogP contribution in [0.2, 0.25) is 0 Å². The van der Waals surface area contributed by atoms with Crippen molar-refractivity contribution in [2.24, 2.45) is 11.8 Å². The van der Waals surface area contributed by atoms with E-state index in [1.807, 2.05) is 66.7 Å². The molecule has 46 heavy (non-hydrogen) atoms. The van der Waals surface area contributed by atoms with E-state index in [9.17, 15) is 19.5 Å². The van der Waals surface area contributed by atoms with Crippen molar-refractivity contribution in [1.29, 1.82) is 0 Å². The van der Waals surface area contributed by atoms with Crippen LogP contribution in [0.3, 0.4) is 0 Å². The lowest BCUT2D eigenvalue weighted by atomic mass is 9.80. The van der Waals surface area contributed by atoms with Crippen molar-refractivity contribution in [2.45, 2.75) is 89.6 Å². The van der Waals surface area contributed by atoms with Gasteiger partial charge in [0.15, 0.2) is 0 Å². The molecule has 2 N–H and O–H groups in total. The van der Waals surface area contributed by atoms with Gasteiger partial charge in [-0.1, -0.05) is 101 Å². The first-order chi connectivity index (χ1) is 22.0. The molecule has 1 saturated carbocycles. The molecule has 0 radical (unpaired) electrons. The minimum Gasteiger partial charge on any atom is -0.481 e. The van der Waals surface area contributed by atoms with Crippen molar-refractivity contribution in [2.75, 3.05) is 12.4 Å². The maximum absolute atomic E-state index is 13.8. The zero-order chi connectivity index (χ0) is 32.8. The number of benzene rings is 3. The molecule has 0 aromatic heterocycles. The van der Waals surface area contributed by atoms with E-state index in [1.54, 1.807) is 0 Å². The first kappa shape index (κ1) is 33.0. The van der Waals surface area contributed by atoms with E-state index >= 15 is 0 Å². The molecule has 1 aliphatic heterocycles. The van der Waals surface area contributed by atoms with Gasteiger partial charge in [0.2, 0.25) is 5.91 Å². The number of fused-ring (bicyclic) bond motifs is 2. The van der Waals surface area contributed by atoms with Crippen molar-refractivity contribution in [3.8, 4) is 11.5 Å². The van der Waals surface area contributed by atoms with Crippen LogP contribution in [-0.4, -0.2) is 30.2 Å². The lowest BCUT2D eigenvalue weighted by Crippen LogP contribution is -2.25. The zero-order valence-corrected chi connectivity index (χ0v) is 27.2. The number of carboxylic acids is 1. The van der Waals surface area contributed by atoms with Gasteiger partial charge in [-0.3, -0.25) is 9.59 Å². The molecule has 0 bridgehead atoms. The Morgan fingerprint density at radius 2 is 1.57 bits per heavy atom. The third-order valence-corrected chi connectivity index (χ3v) is 9.29. The van der Waals surface area contributed by atoms with E-state index in [4.69, 9.17) is 14.2 Å². The Morgan fingerprint density at radius 3 is 2.15 bits per heavy atom. The molecular weight excluding hydrogens is 582 g/mol. The molecule has 5 rings (SSSR count). The number of para-hydroxylation sites is 2. The highest BCUT2D eigenvalue weighted by Crippen LogP contribution is 2.46. The maximum atomic E-state index is 13.8. The molecule has 1 amide bonds. The van der Waals surface area contributed by atoms with Crippen LogP contribution in [0.25, 0.3) is 0 Å². The molecular formula is C38H45NO7. The maximum Gasteiger partial charge on any atom is 0.508 e. The van der Waals surface area contributed by atoms with E-state index in [1.165, 1.54) is 13.5 Å². The number of amides is 1. The average molecular weight is 628 g/mol. The summed E-state index contributed by atoms with van der Waals surface area (Å²) in [6.45, 7) is 6.20. The molecule has 1 fully saturated rings. The van der Waals surface area contributed by atoms with Gasteiger partial charge in [-0.15, -0.1) is 0 Å². The Morgan fingerprint density at radius 1 is 0.935 bits per heavy atom. The number of carbonyl (C=O) groups excluding carboxylic acids is 2. The minimum absolute atomic E-state index is 0.110. The second-order valence-electron chi connectivity index (χ2n) is 13.6. The highest BCUT2D eigenvalue weighted by Gasteiger charge is 2.32. The van der Waals surface area contributed by atoms with Crippen molar-refractivity contribution in [1.82, 2.24) is 0 Å². The third-order valence-electron chi connectivity index (χ3n) is 9.29. The summed E-state index contributed by atoms with van der Waals surface area (Å²) in [7, 11) is 1.23. The summed E-state index contributed by atoms with van der Waals surface area (Å²) in [5.41, 5.74) is 3.69. The Kier molecular flexibility index (Phi) is 10.3. The van der Waals surface area contributed by atoms with Gasteiger partial charge >= 0.3 is 12.1 Å². The molecule has 0 spiro atoms. The number of carboxylic acid groups (broad SMARTS) is 1. The summed E-state index contributed by atoms with van der Waals surface area (Å²) in [5.74, 6) is -0.153. The molecule has 3 aromatic carbocycles. The highest BCUT2D eigenvalue weighted by molar-refractivity contribution is 5.93. The molecule has 244 valence electrons. The van der Waals surface area contributed by atoms with Crippen LogP contribution in [0.1, 0.15) is 106 Å². The Bertz CT molecular complexity index is 1510. The SMILES string of the molecule is COC(=O)OC(CC(CC1CCCCC1)C(=O)O)c1ccc(C(C)(C)C)c(NC(=O)CC2c3ccccc3Oc3ccccc32)c1. The summed E-state index contributed by atoms with van der Waals surface area (Å²) >= 11 is 0. The van der Waals surface area contributed by atoms with Gasteiger partial charge < -0.3 is 24.6 Å². The lowest BCUT2D eigenvalue weighted by Gasteiger charge is -2.29. The van der Waals surface area contributed by atoms with Crippen LogP contribution < -0.4 is 10.1 Å². The summed E-state index contributed by atoms with van der Waals surface area (Å²) < 4.78 is 16.6. The first-order valence-corrected chi connectivity index (χ1v) is 16.3. The Hall–Kier alpha value is -4.33. The third kappa shape index (κ3) is 7.90. The Labute approximate surface area is 271 Å². The van der Waals surface area contributed by atoms with E-state index in [0.717, 1.165) is 53.9 Å². The number of anilines is 1. The van der Waals surface area contributed by atoms with Crippen LogP contribution >= 0.6 is 0 Å². The van der Waals surface area contributed by atoms with Crippen LogP contribution in [0.5, 0.6) is 11.5 Å². The average Bonchev–Trinajstić information content (AvgIpc) is 3.03. The number of carbonyl (C=O) groups is 3. The number of hydrogen-bond donors (Lipinski definition) is 2. The minimum atomic E-state index is -0.902. The quantitative estimate of drug-likeness (QED) is 0.216. The highest BCUT2D eigenvalue weighted by atomic mass is 16.7. The second kappa shape index (κ2) is 14.4. The standard InChI is InChI=1S/C38H45NO7/c1-38(2,3)30-19-18-25(34(46-37(43)44-4)22-26(36(41)42)20-24-12-6-5-7-13-24)21-31(30)39-35(40)23-29-27-14-8-10-16-32(27)45-33-17-11-9-15-28(29)33/h8-11,14-19,21,24,26,29,34H,5-7,12-13,20,22-23H2,1-4H3,(H,39,40)(H,41,42). The number of ether oxygens (including phenoxy) is 3. The fraction of sp³-hybridized carbons (Fsp3) is 0.447. The summed E-state index contributed by atoms with van der Waals surface area (Å²) in [4.78, 5) is 38.6. The number of nitrogens with one attached hydrogen (secondary N) is 1. The lowest BCUT2D eigenvalue weighted by molar-refractivity contribution is -0.144. The van der Waals surface area contributed by atoms with Crippen LogP contribution in [0, 0.1) is 11.8 Å². The topological polar surface area (TPSA) is 111 Å². The van der Waals surface area contributed by atoms with Crippen LogP contribution in [0.4, 0.5) is 10.5 Å². The van der Waals surface area contributed by atoms with E-state index < -0.39 is 24.1 Å². The molecule has 2 atom stereocenters. The van der Waals surface area contributed by atoms with Gasteiger partial charge in [-0.2, -0.15) is 0 Å². The largest absolute Gasteiger partial charge is 0.508 e. The smallest absolute Gasteiger partial charge is 0.481 e. The number of rotatable bonds is 10. The summed E-state index contributed by atoms with van der Waals surface area (Å²) in [5, 5.41) is 13.3. The predicted molar refractivity (Wildman–Crippen MR) is 176 cm³/mol. The number of methoxy groups -OCH3 is 1. The van der Waals surface area contributed by atoms with Gasteiger partial charge in [0.1, 0.15) is 17.6 Å². The molecule has 2 aliphatic rings. The fourth-order valence-electron chi connectivity index (χ4n) is 6.93. The number of hydrogen-bond acceptors (Lipinski definition) is 6. The molecule has 3 aromatic rings. The molecule has 1 heterocycles. The van der Waals surface area contributed by atoms with E-state index in [0.29, 0.717) is 23.6 Å².